The highest BCUT2D eigenvalue weighted by molar-refractivity contribution is 9.10. The molecule has 3 heteroatoms. The second kappa shape index (κ2) is 7.07. The van der Waals surface area contributed by atoms with Crippen molar-refractivity contribution in [1.29, 1.82) is 0 Å². The van der Waals surface area contributed by atoms with Crippen LogP contribution in [0.3, 0.4) is 0 Å². The number of thiophene rings is 1. The highest BCUT2D eigenvalue weighted by Crippen LogP contribution is 2.15. The van der Waals surface area contributed by atoms with E-state index in [1.807, 2.05) is 11.3 Å². The summed E-state index contributed by atoms with van der Waals surface area (Å²) in [7, 11) is 2.05. The average molecular weight is 324 g/mol. The average Bonchev–Trinajstić information content (AvgIpc) is 2.90. The quantitative estimate of drug-likeness (QED) is 0.836. The predicted octanol–water partition coefficient (Wildman–Crippen LogP) is 4.27. The first kappa shape index (κ1) is 13.8. The molecule has 0 aliphatic heterocycles. The maximum absolute atomic E-state index is 3.47. The van der Waals surface area contributed by atoms with Crippen LogP contribution >= 0.6 is 27.3 Å². The molecule has 0 amide bonds. The lowest BCUT2D eigenvalue weighted by Gasteiger charge is -2.15. The Morgan fingerprint density at radius 1 is 1.22 bits per heavy atom. The Balaban J connectivity index is 1.87. The third-order valence-corrected chi connectivity index (χ3v) is 4.59. The zero-order chi connectivity index (χ0) is 12.8. The lowest BCUT2D eigenvalue weighted by atomic mass is 10.0. The maximum Gasteiger partial charge on any atom is 0.0175 e. The Morgan fingerprint density at radius 2 is 2.00 bits per heavy atom. The smallest absolute Gasteiger partial charge is 0.0175 e. The third kappa shape index (κ3) is 4.23. The number of hydrogen-bond acceptors (Lipinski definition) is 2. The van der Waals surface area contributed by atoms with Gasteiger partial charge in [0.2, 0.25) is 0 Å². The molecule has 2 aromatic rings. The molecule has 18 heavy (non-hydrogen) atoms. The molecule has 0 aliphatic carbocycles. The number of benzene rings is 1. The number of hydrogen-bond donors (Lipinski definition) is 1. The lowest BCUT2D eigenvalue weighted by Crippen LogP contribution is -2.28. The van der Waals surface area contributed by atoms with Gasteiger partial charge < -0.3 is 5.32 Å². The standard InChI is InChI=1S/C15H18BrNS/c1-17-14(8-9-15-3-2-10-18-15)11-12-4-6-13(16)7-5-12/h2-7,10,14,17H,8-9,11H2,1H3. The van der Waals surface area contributed by atoms with Crippen LogP contribution in [0.4, 0.5) is 0 Å². The molecule has 0 saturated heterocycles. The van der Waals surface area contributed by atoms with Crippen molar-refractivity contribution in [3.8, 4) is 0 Å². The van der Waals surface area contributed by atoms with Gasteiger partial charge >= 0.3 is 0 Å². The number of likely N-dealkylation sites (N-methyl/N-ethyl adjacent to an activating group) is 1. The molecular formula is C15H18BrNS. The molecule has 0 spiro atoms. The first-order chi connectivity index (χ1) is 8.78. The van der Waals surface area contributed by atoms with Gasteiger partial charge in [-0.2, -0.15) is 0 Å². The molecule has 1 aromatic carbocycles. The Morgan fingerprint density at radius 3 is 2.61 bits per heavy atom. The van der Waals surface area contributed by atoms with Crippen molar-refractivity contribution < 1.29 is 0 Å². The lowest BCUT2D eigenvalue weighted by molar-refractivity contribution is 0.522. The Hall–Kier alpha value is -0.640. The van der Waals surface area contributed by atoms with Crippen LogP contribution in [0.1, 0.15) is 16.9 Å². The molecule has 0 radical (unpaired) electrons. The molecule has 0 fully saturated rings. The van der Waals surface area contributed by atoms with Gasteiger partial charge in [-0.25, -0.2) is 0 Å². The molecular weight excluding hydrogens is 306 g/mol. The summed E-state index contributed by atoms with van der Waals surface area (Å²) in [5.41, 5.74) is 1.39. The first-order valence-corrected chi connectivity index (χ1v) is 7.89. The van der Waals surface area contributed by atoms with E-state index in [9.17, 15) is 0 Å². The number of halogens is 1. The highest BCUT2D eigenvalue weighted by atomic mass is 79.9. The van der Waals surface area contributed by atoms with Crippen molar-refractivity contribution in [3.05, 3.63) is 56.7 Å². The summed E-state index contributed by atoms with van der Waals surface area (Å²) in [5, 5.41) is 5.57. The van der Waals surface area contributed by atoms with E-state index in [0.717, 1.165) is 10.9 Å². The van der Waals surface area contributed by atoms with Gasteiger partial charge in [-0.05, 0) is 55.5 Å². The van der Waals surface area contributed by atoms with Gasteiger partial charge in [0, 0.05) is 15.4 Å². The van der Waals surface area contributed by atoms with Gasteiger partial charge in [0.05, 0.1) is 0 Å². The maximum atomic E-state index is 3.47. The number of aryl methyl sites for hydroxylation is 1. The van der Waals surface area contributed by atoms with E-state index in [1.54, 1.807) is 0 Å². The zero-order valence-electron chi connectivity index (χ0n) is 10.5. The summed E-state index contributed by atoms with van der Waals surface area (Å²) in [6, 6.07) is 13.5. The SMILES string of the molecule is CNC(CCc1cccs1)Cc1ccc(Br)cc1. The fraction of sp³-hybridized carbons (Fsp3) is 0.333. The number of nitrogens with one attached hydrogen (secondary N) is 1. The summed E-state index contributed by atoms with van der Waals surface area (Å²) in [4.78, 5) is 1.48. The van der Waals surface area contributed by atoms with Crippen molar-refractivity contribution in [1.82, 2.24) is 5.32 Å². The van der Waals surface area contributed by atoms with Crippen molar-refractivity contribution in [2.75, 3.05) is 7.05 Å². The fourth-order valence-electron chi connectivity index (χ4n) is 2.02. The minimum absolute atomic E-state index is 0.549. The summed E-state index contributed by atoms with van der Waals surface area (Å²) in [6.07, 6.45) is 3.45. The topological polar surface area (TPSA) is 12.0 Å². The van der Waals surface area contributed by atoms with Crippen LogP contribution in [0.2, 0.25) is 0 Å². The summed E-state index contributed by atoms with van der Waals surface area (Å²) in [5.74, 6) is 0. The second-order valence-corrected chi connectivity index (χ2v) is 6.38. The van der Waals surface area contributed by atoms with Crippen molar-refractivity contribution in [2.24, 2.45) is 0 Å². The van der Waals surface area contributed by atoms with E-state index >= 15 is 0 Å². The third-order valence-electron chi connectivity index (χ3n) is 3.12. The molecule has 1 nitrogen and oxygen atoms in total. The predicted molar refractivity (Wildman–Crippen MR) is 83.3 cm³/mol. The molecule has 2 rings (SSSR count). The molecule has 1 heterocycles. The van der Waals surface area contributed by atoms with Gasteiger partial charge in [-0.1, -0.05) is 34.1 Å². The Bertz CT molecular complexity index is 450. The molecule has 1 atom stereocenters. The number of rotatable bonds is 6. The van der Waals surface area contributed by atoms with E-state index in [-0.39, 0.29) is 0 Å². The molecule has 0 bridgehead atoms. The minimum Gasteiger partial charge on any atom is -0.317 e. The Kier molecular flexibility index (Phi) is 5.42. The first-order valence-electron chi connectivity index (χ1n) is 6.22. The van der Waals surface area contributed by atoms with E-state index in [2.05, 4.69) is 70.1 Å². The van der Waals surface area contributed by atoms with Gasteiger partial charge in [-0.15, -0.1) is 11.3 Å². The zero-order valence-corrected chi connectivity index (χ0v) is 12.9. The monoisotopic (exact) mass is 323 g/mol. The van der Waals surface area contributed by atoms with E-state index in [1.165, 1.54) is 23.3 Å². The molecule has 1 unspecified atom stereocenters. The normalized spacial score (nSPS) is 12.6. The van der Waals surface area contributed by atoms with E-state index in [4.69, 9.17) is 0 Å². The molecule has 1 N–H and O–H groups in total. The van der Waals surface area contributed by atoms with Crippen molar-refractivity contribution >= 4 is 27.3 Å². The van der Waals surface area contributed by atoms with Gasteiger partial charge in [-0.3, -0.25) is 0 Å². The van der Waals surface area contributed by atoms with Crippen LogP contribution in [0.5, 0.6) is 0 Å². The van der Waals surface area contributed by atoms with Crippen LogP contribution in [0.15, 0.2) is 46.3 Å². The van der Waals surface area contributed by atoms with Gasteiger partial charge in [0.15, 0.2) is 0 Å². The summed E-state index contributed by atoms with van der Waals surface area (Å²) in [6.45, 7) is 0. The minimum atomic E-state index is 0.549. The van der Waals surface area contributed by atoms with Crippen LogP contribution in [-0.4, -0.2) is 13.1 Å². The van der Waals surface area contributed by atoms with Crippen LogP contribution in [-0.2, 0) is 12.8 Å². The summed E-state index contributed by atoms with van der Waals surface area (Å²) < 4.78 is 1.14. The Labute approximate surface area is 121 Å². The largest absolute Gasteiger partial charge is 0.317 e. The van der Waals surface area contributed by atoms with Gasteiger partial charge in [0.25, 0.3) is 0 Å². The summed E-state index contributed by atoms with van der Waals surface area (Å²) >= 11 is 5.32. The van der Waals surface area contributed by atoms with Crippen LogP contribution < -0.4 is 5.32 Å². The van der Waals surface area contributed by atoms with Gasteiger partial charge in [0.1, 0.15) is 0 Å². The van der Waals surface area contributed by atoms with Crippen molar-refractivity contribution in [3.63, 3.8) is 0 Å². The van der Waals surface area contributed by atoms with Crippen molar-refractivity contribution in [2.45, 2.75) is 25.3 Å². The molecule has 0 aliphatic rings. The highest BCUT2D eigenvalue weighted by Gasteiger charge is 2.08. The second-order valence-electron chi connectivity index (χ2n) is 4.43. The molecule has 0 saturated carbocycles. The van der Waals surface area contributed by atoms with E-state index in [0.29, 0.717) is 6.04 Å². The van der Waals surface area contributed by atoms with Crippen LogP contribution in [0.25, 0.3) is 0 Å². The molecule has 1 aromatic heterocycles. The van der Waals surface area contributed by atoms with E-state index < -0.39 is 0 Å². The fourth-order valence-corrected chi connectivity index (χ4v) is 3.01. The molecule has 96 valence electrons. The van der Waals surface area contributed by atoms with Crippen LogP contribution in [0, 0.1) is 0 Å².